The maximum Gasteiger partial charge on any atom is 0.304 e. The molecular formula is C21H26N4O3. The van der Waals surface area contributed by atoms with Crippen LogP contribution in [0.1, 0.15) is 23.1 Å². The number of anilines is 1. The van der Waals surface area contributed by atoms with Gasteiger partial charge in [-0.2, -0.15) is 0 Å². The SMILES string of the molecule is CN1CCN(CCC(=O)O)Cc2cc(OCc3ccc(C(=N)N)cc3)ccc21. The van der Waals surface area contributed by atoms with Crippen molar-refractivity contribution >= 4 is 17.5 Å². The number of ether oxygens (including phenoxy) is 1. The van der Waals surface area contributed by atoms with Crippen LogP contribution < -0.4 is 15.4 Å². The van der Waals surface area contributed by atoms with Crippen molar-refractivity contribution in [3.8, 4) is 5.75 Å². The van der Waals surface area contributed by atoms with E-state index in [0.29, 0.717) is 25.3 Å². The molecule has 7 heteroatoms. The van der Waals surface area contributed by atoms with Gasteiger partial charge in [0.25, 0.3) is 0 Å². The molecule has 1 aliphatic rings. The zero-order chi connectivity index (χ0) is 20.1. The highest BCUT2D eigenvalue weighted by atomic mass is 16.5. The lowest BCUT2D eigenvalue weighted by Gasteiger charge is -2.19. The molecule has 28 heavy (non-hydrogen) atoms. The lowest BCUT2D eigenvalue weighted by molar-refractivity contribution is -0.137. The Bertz CT molecular complexity index is 851. The number of benzene rings is 2. The third-order valence-corrected chi connectivity index (χ3v) is 4.92. The highest BCUT2D eigenvalue weighted by Crippen LogP contribution is 2.28. The van der Waals surface area contributed by atoms with E-state index in [1.54, 1.807) is 0 Å². The summed E-state index contributed by atoms with van der Waals surface area (Å²) in [6.45, 7) is 3.36. The highest BCUT2D eigenvalue weighted by molar-refractivity contribution is 5.94. The van der Waals surface area contributed by atoms with Crippen molar-refractivity contribution in [3.05, 3.63) is 59.2 Å². The molecule has 0 unspecified atom stereocenters. The highest BCUT2D eigenvalue weighted by Gasteiger charge is 2.18. The molecule has 7 nitrogen and oxygen atoms in total. The van der Waals surface area contributed by atoms with E-state index in [0.717, 1.165) is 35.7 Å². The Labute approximate surface area is 164 Å². The average Bonchev–Trinajstić information content (AvgIpc) is 2.83. The number of nitrogens with zero attached hydrogens (tertiary/aromatic N) is 2. The Morgan fingerprint density at radius 3 is 2.64 bits per heavy atom. The number of nitrogens with two attached hydrogens (primary N) is 1. The van der Waals surface area contributed by atoms with E-state index in [2.05, 4.69) is 22.9 Å². The van der Waals surface area contributed by atoms with Crippen LogP contribution in [0.3, 0.4) is 0 Å². The molecule has 4 N–H and O–H groups in total. The van der Waals surface area contributed by atoms with Gasteiger partial charge in [0.05, 0.1) is 6.42 Å². The van der Waals surface area contributed by atoms with E-state index in [9.17, 15) is 4.79 Å². The predicted octanol–water partition coefficient (Wildman–Crippen LogP) is 2.28. The number of nitrogen functional groups attached to an aromatic ring is 1. The topological polar surface area (TPSA) is 103 Å². The van der Waals surface area contributed by atoms with E-state index >= 15 is 0 Å². The van der Waals surface area contributed by atoms with Crippen LogP contribution in [0.4, 0.5) is 5.69 Å². The summed E-state index contributed by atoms with van der Waals surface area (Å²) in [5.74, 6) is 0.0587. The molecule has 0 fully saturated rings. The van der Waals surface area contributed by atoms with Gasteiger partial charge in [-0.15, -0.1) is 0 Å². The fourth-order valence-corrected chi connectivity index (χ4v) is 3.27. The number of likely N-dealkylation sites (N-methyl/N-ethyl adjacent to an activating group) is 1. The van der Waals surface area contributed by atoms with Crippen molar-refractivity contribution in [1.82, 2.24) is 4.90 Å². The molecule has 0 saturated carbocycles. The lowest BCUT2D eigenvalue weighted by Crippen LogP contribution is -2.30. The van der Waals surface area contributed by atoms with Gasteiger partial charge >= 0.3 is 5.97 Å². The van der Waals surface area contributed by atoms with Crippen LogP contribution in [0.15, 0.2) is 42.5 Å². The van der Waals surface area contributed by atoms with Gasteiger partial charge in [0.1, 0.15) is 18.2 Å². The molecule has 0 spiro atoms. The second-order valence-electron chi connectivity index (χ2n) is 7.03. The van der Waals surface area contributed by atoms with E-state index < -0.39 is 5.97 Å². The Morgan fingerprint density at radius 2 is 1.96 bits per heavy atom. The molecule has 1 aliphatic heterocycles. The van der Waals surface area contributed by atoms with Gasteiger partial charge in [-0.1, -0.05) is 24.3 Å². The van der Waals surface area contributed by atoms with E-state index in [4.69, 9.17) is 21.0 Å². The quantitative estimate of drug-likeness (QED) is 0.501. The molecule has 0 aromatic heterocycles. The van der Waals surface area contributed by atoms with Gasteiger partial charge in [-0.25, -0.2) is 0 Å². The van der Waals surface area contributed by atoms with Crippen molar-refractivity contribution in [2.45, 2.75) is 19.6 Å². The van der Waals surface area contributed by atoms with Crippen molar-refractivity contribution in [2.75, 3.05) is 31.6 Å². The third-order valence-electron chi connectivity index (χ3n) is 4.92. The van der Waals surface area contributed by atoms with Crippen molar-refractivity contribution < 1.29 is 14.6 Å². The molecular weight excluding hydrogens is 356 g/mol. The minimum Gasteiger partial charge on any atom is -0.489 e. The van der Waals surface area contributed by atoms with Crippen LogP contribution >= 0.6 is 0 Å². The molecule has 3 rings (SSSR count). The van der Waals surface area contributed by atoms with E-state index in [1.165, 1.54) is 0 Å². The molecule has 0 amide bonds. The smallest absolute Gasteiger partial charge is 0.304 e. The van der Waals surface area contributed by atoms with Crippen LogP contribution in [-0.4, -0.2) is 48.5 Å². The molecule has 148 valence electrons. The summed E-state index contributed by atoms with van der Waals surface area (Å²) in [6, 6.07) is 13.5. The average molecular weight is 382 g/mol. The molecule has 1 heterocycles. The molecule has 2 aromatic carbocycles. The number of nitrogens with one attached hydrogen (secondary N) is 1. The van der Waals surface area contributed by atoms with Crippen molar-refractivity contribution in [1.29, 1.82) is 5.41 Å². The monoisotopic (exact) mass is 382 g/mol. The van der Waals surface area contributed by atoms with Crippen LogP contribution in [-0.2, 0) is 17.9 Å². The third kappa shape index (κ3) is 5.01. The Kier molecular flexibility index (Phi) is 6.16. The molecule has 0 saturated heterocycles. The van der Waals surface area contributed by atoms with Crippen LogP contribution in [0, 0.1) is 5.41 Å². The number of carbonyl (C=O) groups is 1. The second-order valence-corrected chi connectivity index (χ2v) is 7.03. The first-order valence-electron chi connectivity index (χ1n) is 9.26. The number of rotatable bonds is 7. The summed E-state index contributed by atoms with van der Waals surface area (Å²) in [4.78, 5) is 15.3. The summed E-state index contributed by atoms with van der Waals surface area (Å²) < 4.78 is 5.95. The lowest BCUT2D eigenvalue weighted by atomic mass is 10.1. The summed E-state index contributed by atoms with van der Waals surface area (Å²) in [5.41, 5.74) is 9.45. The number of carboxylic acids is 1. The van der Waals surface area contributed by atoms with Gasteiger partial charge in [0, 0.05) is 44.5 Å². The van der Waals surface area contributed by atoms with Gasteiger partial charge in [-0.3, -0.25) is 15.1 Å². The second kappa shape index (κ2) is 8.75. The van der Waals surface area contributed by atoms with Crippen LogP contribution in [0.2, 0.25) is 0 Å². The summed E-state index contributed by atoms with van der Waals surface area (Å²) in [7, 11) is 2.05. The first-order chi connectivity index (χ1) is 13.4. The molecule has 0 radical (unpaired) electrons. The fourth-order valence-electron chi connectivity index (χ4n) is 3.27. The van der Waals surface area contributed by atoms with E-state index in [1.807, 2.05) is 36.4 Å². The van der Waals surface area contributed by atoms with Crippen LogP contribution in [0.25, 0.3) is 0 Å². The Morgan fingerprint density at radius 1 is 1.21 bits per heavy atom. The van der Waals surface area contributed by atoms with Gasteiger partial charge in [0.15, 0.2) is 0 Å². The molecule has 0 bridgehead atoms. The van der Waals surface area contributed by atoms with Gasteiger partial charge < -0.3 is 20.5 Å². The number of hydrogen-bond donors (Lipinski definition) is 3. The Hall–Kier alpha value is -3.06. The Balaban J connectivity index is 1.68. The van der Waals surface area contributed by atoms with Gasteiger partial charge in [-0.05, 0) is 29.3 Å². The number of fused-ring (bicyclic) bond motifs is 1. The zero-order valence-electron chi connectivity index (χ0n) is 16.0. The van der Waals surface area contributed by atoms with Crippen molar-refractivity contribution in [2.24, 2.45) is 5.73 Å². The van der Waals surface area contributed by atoms with Gasteiger partial charge in [0.2, 0.25) is 0 Å². The maximum atomic E-state index is 10.9. The number of aliphatic carboxylic acids is 1. The fraction of sp³-hybridized carbons (Fsp3) is 0.333. The molecule has 0 aliphatic carbocycles. The minimum atomic E-state index is -0.772. The predicted molar refractivity (Wildman–Crippen MR) is 109 cm³/mol. The van der Waals surface area contributed by atoms with Crippen LogP contribution in [0.5, 0.6) is 5.75 Å². The summed E-state index contributed by atoms with van der Waals surface area (Å²) in [5, 5.41) is 16.4. The minimum absolute atomic E-state index is 0.0507. The molecule has 0 atom stereocenters. The number of hydrogen-bond acceptors (Lipinski definition) is 5. The summed E-state index contributed by atoms with van der Waals surface area (Å²) >= 11 is 0. The largest absolute Gasteiger partial charge is 0.489 e. The van der Waals surface area contributed by atoms with E-state index in [-0.39, 0.29) is 12.3 Å². The standard InChI is InChI=1S/C21H26N4O3/c1-24-10-11-25(9-8-20(26)27)13-17-12-18(6-7-19(17)24)28-14-15-2-4-16(5-3-15)21(22)23/h2-7,12H,8-11,13-14H2,1H3,(H3,22,23)(H,26,27). The first kappa shape index (κ1) is 19.7. The normalized spacial score (nSPS) is 14.2. The first-order valence-corrected chi connectivity index (χ1v) is 9.26. The maximum absolute atomic E-state index is 10.9. The number of carboxylic acid groups (broad SMARTS) is 1. The number of amidine groups is 1. The van der Waals surface area contributed by atoms with Crippen molar-refractivity contribution in [3.63, 3.8) is 0 Å². The zero-order valence-corrected chi connectivity index (χ0v) is 16.0. The summed E-state index contributed by atoms with van der Waals surface area (Å²) in [6.07, 6.45) is 0.144. The molecule has 2 aromatic rings.